The average molecular weight is 222 g/mol. The number of ether oxygens (including phenoxy) is 1. The van der Waals surface area contributed by atoms with E-state index in [0.717, 1.165) is 5.82 Å². The Kier molecular flexibility index (Phi) is 2.91. The fraction of sp³-hybridized carbons (Fsp3) is 0.400. The molecule has 0 aromatic carbocycles. The second-order valence-corrected chi connectivity index (χ2v) is 3.54. The maximum atomic E-state index is 5.98. The first-order valence-corrected chi connectivity index (χ1v) is 4.93. The molecular weight excluding hydrogens is 208 g/mol. The lowest BCUT2D eigenvalue weighted by atomic mass is 10.1. The zero-order valence-corrected chi connectivity index (χ0v) is 9.25. The molecule has 86 valence electrons. The second kappa shape index (κ2) is 4.36. The number of hydrogen-bond acceptors (Lipinski definition) is 5. The third kappa shape index (κ3) is 2.06. The molecule has 2 N–H and O–H groups in total. The molecule has 0 bridgehead atoms. The van der Waals surface area contributed by atoms with E-state index in [1.807, 2.05) is 17.8 Å². The van der Waals surface area contributed by atoms with Crippen molar-refractivity contribution in [3.63, 3.8) is 0 Å². The van der Waals surface area contributed by atoms with Crippen LogP contribution in [0.2, 0.25) is 0 Å². The van der Waals surface area contributed by atoms with Crippen LogP contribution in [-0.4, -0.2) is 21.8 Å². The third-order valence-corrected chi connectivity index (χ3v) is 2.40. The van der Waals surface area contributed by atoms with E-state index in [0.29, 0.717) is 18.1 Å². The quantitative estimate of drug-likeness (QED) is 0.822. The Morgan fingerprint density at radius 2 is 2.44 bits per heavy atom. The van der Waals surface area contributed by atoms with Crippen molar-refractivity contribution >= 4 is 0 Å². The molecule has 2 aromatic rings. The first-order chi connectivity index (χ1) is 7.70. The smallest absolute Gasteiger partial charge is 0.254 e. The van der Waals surface area contributed by atoms with Crippen LogP contribution < -0.4 is 10.5 Å². The zero-order chi connectivity index (χ0) is 11.5. The minimum absolute atomic E-state index is 0.266. The van der Waals surface area contributed by atoms with E-state index >= 15 is 0 Å². The summed E-state index contributed by atoms with van der Waals surface area (Å²) in [6.45, 7) is 0. The maximum absolute atomic E-state index is 5.98. The van der Waals surface area contributed by atoms with Crippen LogP contribution in [0.15, 0.2) is 23.0 Å². The van der Waals surface area contributed by atoms with Gasteiger partial charge in [0.2, 0.25) is 0 Å². The Labute approximate surface area is 93.0 Å². The summed E-state index contributed by atoms with van der Waals surface area (Å²) in [5.41, 5.74) is 5.98. The Hall–Kier alpha value is -1.82. The van der Waals surface area contributed by atoms with Crippen LogP contribution in [0.25, 0.3) is 0 Å². The predicted molar refractivity (Wildman–Crippen MR) is 56.9 cm³/mol. The van der Waals surface area contributed by atoms with Crippen LogP contribution in [0.4, 0.5) is 0 Å². The number of aryl methyl sites for hydroxylation is 1. The van der Waals surface area contributed by atoms with E-state index in [2.05, 4.69) is 10.1 Å². The molecule has 0 aliphatic rings. The van der Waals surface area contributed by atoms with Crippen LogP contribution in [0.5, 0.6) is 5.88 Å². The second-order valence-electron chi connectivity index (χ2n) is 3.54. The van der Waals surface area contributed by atoms with Crippen molar-refractivity contribution in [2.45, 2.75) is 12.5 Å². The summed E-state index contributed by atoms with van der Waals surface area (Å²) in [7, 11) is 3.46. The van der Waals surface area contributed by atoms with Gasteiger partial charge in [-0.3, -0.25) is 0 Å². The van der Waals surface area contributed by atoms with Crippen molar-refractivity contribution in [1.82, 2.24) is 14.7 Å². The first kappa shape index (κ1) is 10.7. The van der Waals surface area contributed by atoms with Crippen molar-refractivity contribution in [2.75, 3.05) is 7.11 Å². The lowest BCUT2D eigenvalue weighted by molar-refractivity contribution is 0.316. The number of rotatable bonds is 4. The summed E-state index contributed by atoms with van der Waals surface area (Å²) in [6.07, 6.45) is 4.22. The largest absolute Gasteiger partial charge is 0.479 e. The Morgan fingerprint density at radius 1 is 1.62 bits per heavy atom. The lowest BCUT2D eigenvalue weighted by Crippen LogP contribution is -2.15. The van der Waals surface area contributed by atoms with Gasteiger partial charge in [-0.25, -0.2) is 4.98 Å². The summed E-state index contributed by atoms with van der Waals surface area (Å²) in [5.74, 6) is 1.94. The average Bonchev–Trinajstić information content (AvgIpc) is 2.88. The van der Waals surface area contributed by atoms with Crippen molar-refractivity contribution in [1.29, 1.82) is 0 Å². The van der Waals surface area contributed by atoms with Crippen LogP contribution in [-0.2, 0) is 13.5 Å². The van der Waals surface area contributed by atoms with E-state index in [4.69, 9.17) is 15.0 Å². The van der Waals surface area contributed by atoms with Gasteiger partial charge >= 0.3 is 0 Å². The fourth-order valence-electron chi connectivity index (χ4n) is 1.43. The topological polar surface area (TPSA) is 79.1 Å². The highest BCUT2D eigenvalue weighted by Crippen LogP contribution is 2.19. The molecule has 6 heteroatoms. The van der Waals surface area contributed by atoms with Gasteiger partial charge in [0.15, 0.2) is 5.76 Å². The van der Waals surface area contributed by atoms with E-state index in [1.54, 1.807) is 12.3 Å². The molecule has 0 aliphatic carbocycles. The standard InChI is InChI=1S/C10H14N4O2/c1-14-4-3-12-9(14)5-7(11)8-6-10(15-2)13-16-8/h3-4,6-7H,5,11H2,1-2H3. The van der Waals surface area contributed by atoms with Gasteiger partial charge in [-0.15, -0.1) is 0 Å². The van der Waals surface area contributed by atoms with Crippen LogP contribution in [0, 0.1) is 0 Å². The van der Waals surface area contributed by atoms with Crippen LogP contribution >= 0.6 is 0 Å². The lowest BCUT2D eigenvalue weighted by Gasteiger charge is -2.06. The monoisotopic (exact) mass is 222 g/mol. The molecule has 2 aromatic heterocycles. The highest BCUT2D eigenvalue weighted by molar-refractivity contribution is 5.14. The molecule has 0 saturated carbocycles. The molecule has 16 heavy (non-hydrogen) atoms. The van der Waals surface area contributed by atoms with Gasteiger partial charge in [0.1, 0.15) is 5.82 Å². The van der Waals surface area contributed by atoms with Gasteiger partial charge < -0.3 is 19.6 Å². The number of methoxy groups -OCH3 is 1. The third-order valence-electron chi connectivity index (χ3n) is 2.40. The van der Waals surface area contributed by atoms with Crippen molar-refractivity contribution in [3.8, 4) is 5.88 Å². The molecule has 0 saturated heterocycles. The highest BCUT2D eigenvalue weighted by Gasteiger charge is 2.15. The number of imidazole rings is 1. The number of nitrogens with two attached hydrogens (primary N) is 1. The molecule has 0 spiro atoms. The summed E-state index contributed by atoms with van der Waals surface area (Å²) in [4.78, 5) is 4.20. The molecule has 6 nitrogen and oxygen atoms in total. The zero-order valence-electron chi connectivity index (χ0n) is 9.25. The number of aromatic nitrogens is 3. The molecule has 1 unspecified atom stereocenters. The van der Waals surface area contributed by atoms with Gasteiger partial charge in [-0.1, -0.05) is 0 Å². The molecule has 2 heterocycles. The van der Waals surface area contributed by atoms with Crippen molar-refractivity contribution in [2.24, 2.45) is 12.8 Å². The summed E-state index contributed by atoms with van der Waals surface area (Å²) in [6, 6.07) is 1.42. The molecular formula is C10H14N4O2. The summed E-state index contributed by atoms with van der Waals surface area (Å²) < 4.78 is 11.9. The van der Waals surface area contributed by atoms with Gasteiger partial charge in [-0.2, -0.15) is 0 Å². The maximum Gasteiger partial charge on any atom is 0.254 e. The highest BCUT2D eigenvalue weighted by atomic mass is 16.5. The van der Waals surface area contributed by atoms with E-state index in [9.17, 15) is 0 Å². The molecule has 1 atom stereocenters. The molecule has 2 rings (SSSR count). The first-order valence-electron chi connectivity index (χ1n) is 4.93. The molecule has 0 amide bonds. The Balaban J connectivity index is 2.08. The Morgan fingerprint density at radius 3 is 3.00 bits per heavy atom. The van der Waals surface area contributed by atoms with E-state index < -0.39 is 0 Å². The van der Waals surface area contributed by atoms with Crippen molar-refractivity contribution in [3.05, 3.63) is 30.0 Å². The molecule has 0 aliphatic heterocycles. The molecule has 0 fully saturated rings. The van der Waals surface area contributed by atoms with Gasteiger partial charge in [0, 0.05) is 31.9 Å². The predicted octanol–water partition coefficient (Wildman–Crippen LogP) is 0.659. The SMILES string of the molecule is COc1cc(C(N)Cc2nccn2C)on1. The van der Waals surface area contributed by atoms with E-state index in [-0.39, 0.29) is 6.04 Å². The normalized spacial score (nSPS) is 12.7. The van der Waals surface area contributed by atoms with Gasteiger partial charge in [-0.05, 0) is 5.16 Å². The fourth-order valence-corrected chi connectivity index (χ4v) is 1.43. The minimum Gasteiger partial charge on any atom is -0.479 e. The summed E-state index contributed by atoms with van der Waals surface area (Å²) in [5, 5.41) is 3.70. The van der Waals surface area contributed by atoms with E-state index in [1.165, 1.54) is 7.11 Å². The van der Waals surface area contributed by atoms with Crippen LogP contribution in [0.3, 0.4) is 0 Å². The van der Waals surface area contributed by atoms with Crippen LogP contribution in [0.1, 0.15) is 17.6 Å². The number of hydrogen-bond donors (Lipinski definition) is 1. The number of nitrogens with zero attached hydrogens (tertiary/aromatic N) is 3. The van der Waals surface area contributed by atoms with Gasteiger partial charge in [0.25, 0.3) is 5.88 Å². The summed E-state index contributed by atoms with van der Waals surface area (Å²) >= 11 is 0. The van der Waals surface area contributed by atoms with Gasteiger partial charge in [0.05, 0.1) is 13.2 Å². The van der Waals surface area contributed by atoms with Crippen molar-refractivity contribution < 1.29 is 9.26 Å². The minimum atomic E-state index is -0.266. The Bertz CT molecular complexity index is 463. The molecule has 0 radical (unpaired) electrons.